The summed E-state index contributed by atoms with van der Waals surface area (Å²) in [5, 5.41) is 0. The van der Waals surface area contributed by atoms with Crippen LogP contribution in [-0.2, 0) is 29.1 Å². The summed E-state index contributed by atoms with van der Waals surface area (Å²) >= 11 is 0. The Morgan fingerprint density at radius 3 is 2.56 bits per heavy atom. The summed E-state index contributed by atoms with van der Waals surface area (Å²) in [6, 6.07) is 11.4. The molecule has 2 aliphatic heterocycles. The maximum Gasteiger partial charge on any atom is 0.348 e. The number of benzene rings is 2. The number of nitrogens with zero attached hydrogens (tertiary/aromatic N) is 2. The fourth-order valence-electron chi connectivity index (χ4n) is 3.82. The molecular weight excluding hydrogens is 464 g/mol. The molecule has 0 unspecified atom stereocenters. The second-order valence-corrected chi connectivity index (χ2v) is 9.77. The number of amides is 1. The van der Waals surface area contributed by atoms with Crippen LogP contribution in [0.4, 0.5) is 5.69 Å². The highest BCUT2D eigenvalue weighted by atomic mass is 32.2. The van der Waals surface area contributed by atoms with Crippen molar-refractivity contribution in [2.45, 2.75) is 17.9 Å². The number of esters is 1. The number of hydrogen-bond donors (Lipinski definition) is 0. The van der Waals surface area contributed by atoms with Gasteiger partial charge in [-0.2, -0.15) is 4.31 Å². The van der Waals surface area contributed by atoms with Crippen LogP contribution in [0.2, 0.25) is 0 Å². The minimum absolute atomic E-state index is 0.0123. The Kier molecular flexibility index (Phi) is 7.05. The predicted molar refractivity (Wildman–Crippen MR) is 121 cm³/mol. The standard InChI is InChI=1S/C23H26N2O8S/c1-16-13-17(34(28,29)24-9-11-31-12-10-24)7-8-19(16)32-15-22(26)25-14-21(23(27)30-2)33-20-6-4-3-5-18(20)25/h3-8,13,21H,9-12,14-15H2,1-2H3/t21-/m1/s1. The summed E-state index contributed by atoms with van der Waals surface area (Å²) < 4.78 is 48.5. The number of carbonyl (C=O) groups is 2. The Morgan fingerprint density at radius 1 is 1.12 bits per heavy atom. The first-order chi connectivity index (χ1) is 16.3. The van der Waals surface area contributed by atoms with Crippen LogP contribution < -0.4 is 14.4 Å². The molecule has 0 bridgehead atoms. The summed E-state index contributed by atoms with van der Waals surface area (Å²) in [7, 11) is -2.38. The van der Waals surface area contributed by atoms with E-state index >= 15 is 0 Å². The van der Waals surface area contributed by atoms with Crippen molar-refractivity contribution in [3.05, 3.63) is 48.0 Å². The Labute approximate surface area is 198 Å². The lowest BCUT2D eigenvalue weighted by molar-refractivity contribution is -0.148. The number of fused-ring (bicyclic) bond motifs is 1. The molecule has 34 heavy (non-hydrogen) atoms. The van der Waals surface area contributed by atoms with Crippen LogP contribution in [0.5, 0.6) is 11.5 Å². The van der Waals surface area contributed by atoms with Gasteiger partial charge in [0.2, 0.25) is 16.1 Å². The molecule has 0 spiro atoms. The van der Waals surface area contributed by atoms with Crippen LogP contribution in [0.1, 0.15) is 5.56 Å². The number of anilines is 1. The fourth-order valence-corrected chi connectivity index (χ4v) is 5.32. The third-order valence-electron chi connectivity index (χ3n) is 5.64. The fraction of sp³-hybridized carbons (Fsp3) is 0.391. The molecule has 2 aromatic rings. The van der Waals surface area contributed by atoms with Gasteiger partial charge in [0.15, 0.2) is 6.61 Å². The molecule has 0 N–H and O–H groups in total. The van der Waals surface area contributed by atoms with E-state index in [2.05, 4.69) is 0 Å². The lowest BCUT2D eigenvalue weighted by Crippen LogP contribution is -2.48. The molecule has 2 heterocycles. The number of sulfonamides is 1. The molecule has 1 atom stereocenters. The van der Waals surface area contributed by atoms with Crippen LogP contribution >= 0.6 is 0 Å². The van der Waals surface area contributed by atoms with Crippen LogP contribution in [-0.4, -0.2) is 77.3 Å². The van der Waals surface area contributed by atoms with E-state index < -0.39 is 22.1 Å². The molecule has 2 aromatic carbocycles. The van der Waals surface area contributed by atoms with Gasteiger partial charge in [-0.3, -0.25) is 4.79 Å². The average molecular weight is 491 g/mol. The number of carbonyl (C=O) groups excluding carboxylic acids is 2. The maximum absolute atomic E-state index is 13.0. The summed E-state index contributed by atoms with van der Waals surface area (Å²) in [4.78, 5) is 26.6. The van der Waals surface area contributed by atoms with Crippen molar-refractivity contribution in [1.29, 1.82) is 0 Å². The first-order valence-corrected chi connectivity index (χ1v) is 12.2. The third kappa shape index (κ3) is 4.86. The normalized spacial score (nSPS) is 18.5. The predicted octanol–water partition coefficient (Wildman–Crippen LogP) is 1.36. The van der Waals surface area contributed by atoms with Crippen LogP contribution in [0.15, 0.2) is 47.4 Å². The SMILES string of the molecule is COC(=O)[C@H]1CN(C(=O)COc2ccc(S(=O)(=O)N3CCOCC3)cc2C)c2ccccc2O1. The van der Waals surface area contributed by atoms with Gasteiger partial charge in [-0.1, -0.05) is 12.1 Å². The number of aryl methyl sites for hydroxylation is 1. The average Bonchev–Trinajstić information content (AvgIpc) is 2.87. The lowest BCUT2D eigenvalue weighted by atomic mass is 10.2. The van der Waals surface area contributed by atoms with E-state index in [1.165, 1.54) is 28.4 Å². The number of hydrogen-bond acceptors (Lipinski definition) is 8. The second-order valence-electron chi connectivity index (χ2n) is 7.83. The molecule has 11 heteroatoms. The second kappa shape index (κ2) is 10.00. The molecule has 0 aliphatic carbocycles. The summed E-state index contributed by atoms with van der Waals surface area (Å²) in [5.74, 6) is -0.179. The third-order valence-corrected chi connectivity index (χ3v) is 7.54. The zero-order valence-electron chi connectivity index (χ0n) is 18.9. The van der Waals surface area contributed by atoms with Crippen molar-refractivity contribution in [1.82, 2.24) is 4.31 Å². The van der Waals surface area contributed by atoms with Gasteiger partial charge < -0.3 is 23.8 Å². The zero-order chi connectivity index (χ0) is 24.3. The van der Waals surface area contributed by atoms with Gasteiger partial charge in [0, 0.05) is 13.1 Å². The van der Waals surface area contributed by atoms with Crippen molar-refractivity contribution in [2.75, 3.05) is 51.5 Å². The molecule has 0 aromatic heterocycles. The van der Waals surface area contributed by atoms with Gasteiger partial charge in [-0.05, 0) is 42.8 Å². The summed E-state index contributed by atoms with van der Waals surface area (Å²) in [6.45, 7) is 2.74. The van der Waals surface area contributed by atoms with E-state index in [0.29, 0.717) is 49.1 Å². The molecule has 1 saturated heterocycles. The Morgan fingerprint density at radius 2 is 1.85 bits per heavy atom. The van der Waals surface area contributed by atoms with Gasteiger partial charge in [0.25, 0.3) is 5.91 Å². The van der Waals surface area contributed by atoms with Gasteiger partial charge in [0.05, 0.1) is 37.5 Å². The topological polar surface area (TPSA) is 112 Å². The first-order valence-electron chi connectivity index (χ1n) is 10.8. The Balaban J connectivity index is 1.47. The van der Waals surface area contributed by atoms with Crippen molar-refractivity contribution in [3.63, 3.8) is 0 Å². The number of methoxy groups -OCH3 is 1. The monoisotopic (exact) mass is 490 g/mol. The van der Waals surface area contributed by atoms with Crippen LogP contribution in [0.25, 0.3) is 0 Å². The number of rotatable bonds is 6. The smallest absolute Gasteiger partial charge is 0.348 e. The van der Waals surface area contributed by atoms with Gasteiger partial charge in [-0.25, -0.2) is 13.2 Å². The van der Waals surface area contributed by atoms with Gasteiger partial charge >= 0.3 is 5.97 Å². The number of ether oxygens (including phenoxy) is 4. The van der Waals surface area contributed by atoms with Crippen molar-refractivity contribution < 1.29 is 37.0 Å². The molecule has 4 rings (SSSR count). The van der Waals surface area contributed by atoms with E-state index in [0.717, 1.165) is 0 Å². The largest absolute Gasteiger partial charge is 0.483 e. The first kappa shape index (κ1) is 24.0. The molecule has 0 saturated carbocycles. The van der Waals surface area contributed by atoms with E-state index in [4.69, 9.17) is 18.9 Å². The molecule has 1 amide bonds. The van der Waals surface area contributed by atoms with Crippen LogP contribution in [0.3, 0.4) is 0 Å². The van der Waals surface area contributed by atoms with Crippen LogP contribution in [0, 0.1) is 6.92 Å². The molecule has 182 valence electrons. The lowest BCUT2D eigenvalue weighted by Gasteiger charge is -2.33. The van der Waals surface area contributed by atoms with E-state index in [9.17, 15) is 18.0 Å². The summed E-state index contributed by atoms with van der Waals surface area (Å²) in [5.41, 5.74) is 1.11. The minimum Gasteiger partial charge on any atom is -0.483 e. The summed E-state index contributed by atoms with van der Waals surface area (Å²) in [6.07, 6.45) is -0.949. The number of para-hydroxylation sites is 2. The molecule has 1 fully saturated rings. The minimum atomic E-state index is -3.64. The molecule has 10 nitrogen and oxygen atoms in total. The Hall–Kier alpha value is -3.15. The Bertz CT molecular complexity index is 1180. The zero-order valence-corrected chi connectivity index (χ0v) is 19.7. The van der Waals surface area contributed by atoms with E-state index in [1.54, 1.807) is 37.3 Å². The van der Waals surface area contributed by atoms with Crippen molar-refractivity contribution in [2.24, 2.45) is 0 Å². The van der Waals surface area contributed by atoms with Crippen molar-refractivity contribution in [3.8, 4) is 11.5 Å². The van der Waals surface area contributed by atoms with E-state index in [1.807, 2.05) is 0 Å². The highest BCUT2D eigenvalue weighted by molar-refractivity contribution is 7.89. The van der Waals surface area contributed by atoms with E-state index in [-0.39, 0.29) is 24.0 Å². The van der Waals surface area contributed by atoms with Gasteiger partial charge in [0.1, 0.15) is 11.5 Å². The van der Waals surface area contributed by atoms with Crippen molar-refractivity contribution >= 4 is 27.6 Å². The van der Waals surface area contributed by atoms with Gasteiger partial charge in [-0.15, -0.1) is 0 Å². The molecule has 2 aliphatic rings. The molecule has 0 radical (unpaired) electrons. The number of morpholine rings is 1. The highest BCUT2D eigenvalue weighted by Crippen LogP contribution is 2.33. The quantitative estimate of drug-likeness (QED) is 0.558. The highest BCUT2D eigenvalue weighted by Gasteiger charge is 2.34. The maximum atomic E-state index is 13.0. The molecular formula is C23H26N2O8S.